The van der Waals surface area contributed by atoms with Gasteiger partial charge in [-0.3, -0.25) is 14.2 Å². The number of nitrogens with zero attached hydrogens (tertiary/aromatic N) is 3. The van der Waals surface area contributed by atoms with Crippen LogP contribution in [0.25, 0.3) is 0 Å². The van der Waals surface area contributed by atoms with Crippen molar-refractivity contribution in [1.82, 2.24) is 14.8 Å². The molecule has 0 atom stereocenters. The van der Waals surface area contributed by atoms with E-state index in [4.69, 9.17) is 4.74 Å². The molecule has 2 aromatic carbocycles. The van der Waals surface area contributed by atoms with Gasteiger partial charge in [0.1, 0.15) is 12.4 Å². The maximum absolute atomic E-state index is 12.4. The number of amides is 1. The van der Waals surface area contributed by atoms with E-state index in [0.29, 0.717) is 28.8 Å². The highest BCUT2D eigenvalue weighted by Gasteiger charge is 2.15. The minimum atomic E-state index is -0.197. The number of allylic oxidation sites excluding steroid dienone is 1. The molecule has 1 heterocycles. The second-order valence-corrected chi connectivity index (χ2v) is 8.33. The highest BCUT2D eigenvalue weighted by molar-refractivity contribution is 7.99. The summed E-state index contributed by atoms with van der Waals surface area (Å²) in [5.74, 6) is 1.33. The summed E-state index contributed by atoms with van der Waals surface area (Å²) in [6.07, 6.45) is 1.75. The lowest BCUT2D eigenvalue weighted by Crippen LogP contribution is -2.15. The normalized spacial score (nSPS) is 10.6. The Kier molecular flexibility index (Phi) is 7.83. The maximum Gasteiger partial charge on any atom is 0.234 e. The zero-order valence-corrected chi connectivity index (χ0v) is 19.2. The van der Waals surface area contributed by atoms with E-state index in [-0.39, 0.29) is 24.1 Å². The van der Waals surface area contributed by atoms with Crippen molar-refractivity contribution in [1.29, 1.82) is 0 Å². The molecule has 0 aliphatic carbocycles. The Hall–Kier alpha value is -3.39. The number of ether oxygens (including phenoxy) is 1. The molecule has 32 heavy (non-hydrogen) atoms. The monoisotopic (exact) mass is 450 g/mol. The fourth-order valence-electron chi connectivity index (χ4n) is 3.15. The van der Waals surface area contributed by atoms with E-state index in [9.17, 15) is 9.59 Å². The van der Waals surface area contributed by atoms with Gasteiger partial charge in [0, 0.05) is 17.8 Å². The van der Waals surface area contributed by atoms with Gasteiger partial charge in [-0.15, -0.1) is 16.8 Å². The largest absolute Gasteiger partial charge is 0.486 e. The molecule has 8 heteroatoms. The van der Waals surface area contributed by atoms with Gasteiger partial charge in [0.25, 0.3) is 0 Å². The first-order chi connectivity index (χ1) is 15.4. The molecule has 3 aromatic rings. The van der Waals surface area contributed by atoms with E-state index in [1.54, 1.807) is 30.3 Å². The third-order valence-electron chi connectivity index (χ3n) is 4.55. The second-order valence-electron chi connectivity index (χ2n) is 7.38. The van der Waals surface area contributed by atoms with E-state index in [1.165, 1.54) is 18.7 Å². The molecule has 0 saturated heterocycles. The Labute approximate surface area is 191 Å². The minimum Gasteiger partial charge on any atom is -0.486 e. The summed E-state index contributed by atoms with van der Waals surface area (Å²) in [6, 6.07) is 12.9. The number of Topliss-reactive ketones (excluding diaryl/α,β-unsaturated/α-hetero) is 1. The smallest absolute Gasteiger partial charge is 0.234 e. The van der Waals surface area contributed by atoms with Crippen LogP contribution in [0.4, 0.5) is 5.69 Å². The first-order valence-corrected chi connectivity index (χ1v) is 11.1. The van der Waals surface area contributed by atoms with E-state index in [1.807, 2.05) is 30.5 Å². The van der Waals surface area contributed by atoms with Crippen LogP contribution in [-0.4, -0.2) is 32.2 Å². The van der Waals surface area contributed by atoms with E-state index < -0.39 is 0 Å². The summed E-state index contributed by atoms with van der Waals surface area (Å²) in [6.45, 7) is 10.1. The van der Waals surface area contributed by atoms with Gasteiger partial charge in [0.05, 0.1) is 5.75 Å². The van der Waals surface area contributed by atoms with Crippen molar-refractivity contribution >= 4 is 29.1 Å². The number of rotatable bonds is 10. The minimum absolute atomic E-state index is 0.0522. The zero-order chi connectivity index (χ0) is 23.1. The SMILES string of the molecule is C=CCn1c(COc2cc(C)cc(C)c2)nnc1SCC(=O)Nc1cccc(C(C)=O)c1. The van der Waals surface area contributed by atoms with Crippen LogP contribution in [0.15, 0.2) is 60.3 Å². The predicted octanol–water partition coefficient (Wildman–Crippen LogP) is 4.59. The lowest BCUT2D eigenvalue weighted by atomic mass is 10.1. The quantitative estimate of drug-likeness (QED) is 0.276. The summed E-state index contributed by atoms with van der Waals surface area (Å²) in [5, 5.41) is 11.9. The molecule has 1 amide bonds. The first kappa shape index (κ1) is 23.3. The average Bonchev–Trinajstić information content (AvgIpc) is 3.12. The fourth-order valence-corrected chi connectivity index (χ4v) is 3.92. The summed E-state index contributed by atoms with van der Waals surface area (Å²) in [7, 11) is 0. The second kappa shape index (κ2) is 10.8. The van der Waals surface area contributed by atoms with Crippen LogP contribution in [-0.2, 0) is 17.9 Å². The van der Waals surface area contributed by atoms with E-state index in [0.717, 1.165) is 16.9 Å². The topological polar surface area (TPSA) is 86.1 Å². The number of aryl methyl sites for hydroxylation is 2. The Balaban J connectivity index is 1.63. The van der Waals surface area contributed by atoms with Gasteiger partial charge < -0.3 is 10.1 Å². The van der Waals surface area contributed by atoms with E-state index >= 15 is 0 Å². The standard InChI is InChI=1S/C24H26N4O3S/c1-5-9-28-22(14-31-21-11-16(2)10-17(3)12-21)26-27-24(28)32-15-23(30)25-20-8-6-7-19(13-20)18(4)29/h5-8,10-13H,1,9,14-15H2,2-4H3,(H,25,30). The van der Waals surface area contributed by atoms with Crippen LogP contribution >= 0.6 is 11.8 Å². The molecule has 0 aliphatic rings. The van der Waals surface area contributed by atoms with Crippen molar-refractivity contribution in [2.75, 3.05) is 11.1 Å². The Bertz CT molecular complexity index is 1120. The number of hydrogen-bond donors (Lipinski definition) is 1. The van der Waals surface area contributed by atoms with Crippen LogP contribution in [0, 0.1) is 13.8 Å². The first-order valence-electron chi connectivity index (χ1n) is 10.1. The van der Waals surface area contributed by atoms with Crippen LogP contribution in [0.5, 0.6) is 5.75 Å². The van der Waals surface area contributed by atoms with Crippen molar-refractivity contribution in [2.24, 2.45) is 0 Å². The van der Waals surface area contributed by atoms with Crippen LogP contribution in [0.1, 0.15) is 34.2 Å². The molecular formula is C24H26N4O3S. The number of aromatic nitrogens is 3. The summed E-state index contributed by atoms with van der Waals surface area (Å²) in [4.78, 5) is 23.9. The Morgan fingerprint density at radius 1 is 1.16 bits per heavy atom. The van der Waals surface area contributed by atoms with Gasteiger partial charge in [-0.2, -0.15) is 0 Å². The third kappa shape index (κ3) is 6.31. The number of carbonyl (C=O) groups excluding carboxylic acids is 2. The molecule has 7 nitrogen and oxygen atoms in total. The summed E-state index contributed by atoms with van der Waals surface area (Å²) >= 11 is 1.28. The molecule has 1 aromatic heterocycles. The molecule has 3 rings (SSSR count). The zero-order valence-electron chi connectivity index (χ0n) is 18.4. The molecule has 0 unspecified atom stereocenters. The number of nitrogens with one attached hydrogen (secondary N) is 1. The van der Waals surface area contributed by atoms with Gasteiger partial charge in [-0.25, -0.2) is 0 Å². The molecular weight excluding hydrogens is 424 g/mol. The molecule has 0 spiro atoms. The van der Waals surface area contributed by atoms with Gasteiger partial charge in [0.15, 0.2) is 16.8 Å². The van der Waals surface area contributed by atoms with Gasteiger partial charge in [-0.05, 0) is 56.2 Å². The van der Waals surface area contributed by atoms with Crippen molar-refractivity contribution in [2.45, 2.75) is 39.1 Å². The number of anilines is 1. The third-order valence-corrected chi connectivity index (χ3v) is 5.52. The van der Waals surface area contributed by atoms with Crippen molar-refractivity contribution in [3.8, 4) is 5.75 Å². The lowest BCUT2D eigenvalue weighted by Gasteiger charge is -2.10. The van der Waals surface area contributed by atoms with Crippen molar-refractivity contribution in [3.05, 3.63) is 77.6 Å². The summed E-state index contributed by atoms with van der Waals surface area (Å²) < 4.78 is 7.79. The van der Waals surface area contributed by atoms with Crippen LogP contribution in [0.2, 0.25) is 0 Å². The molecule has 166 valence electrons. The van der Waals surface area contributed by atoms with Crippen molar-refractivity contribution in [3.63, 3.8) is 0 Å². The molecule has 0 saturated carbocycles. The highest BCUT2D eigenvalue weighted by atomic mass is 32.2. The van der Waals surface area contributed by atoms with Gasteiger partial charge >= 0.3 is 0 Å². The number of thioether (sulfide) groups is 1. The van der Waals surface area contributed by atoms with Gasteiger partial charge in [0.2, 0.25) is 5.91 Å². The lowest BCUT2D eigenvalue weighted by molar-refractivity contribution is -0.113. The number of ketones is 1. The van der Waals surface area contributed by atoms with Crippen LogP contribution in [0.3, 0.4) is 0 Å². The predicted molar refractivity (Wildman–Crippen MR) is 126 cm³/mol. The molecule has 0 aliphatic heterocycles. The average molecular weight is 451 g/mol. The van der Waals surface area contributed by atoms with Crippen LogP contribution < -0.4 is 10.1 Å². The molecule has 0 radical (unpaired) electrons. The molecule has 0 bridgehead atoms. The molecule has 1 N–H and O–H groups in total. The van der Waals surface area contributed by atoms with E-state index in [2.05, 4.69) is 28.2 Å². The highest BCUT2D eigenvalue weighted by Crippen LogP contribution is 2.21. The molecule has 0 fully saturated rings. The fraction of sp³-hybridized carbons (Fsp3) is 0.250. The van der Waals surface area contributed by atoms with Gasteiger partial charge in [-0.1, -0.05) is 36.0 Å². The number of hydrogen-bond acceptors (Lipinski definition) is 6. The van der Waals surface area contributed by atoms with Crippen molar-refractivity contribution < 1.29 is 14.3 Å². The summed E-state index contributed by atoms with van der Waals surface area (Å²) in [5.41, 5.74) is 3.39. The maximum atomic E-state index is 12.4. The Morgan fingerprint density at radius 3 is 2.59 bits per heavy atom. The number of carbonyl (C=O) groups is 2. The Morgan fingerprint density at radius 2 is 1.91 bits per heavy atom. The number of benzene rings is 2.